The van der Waals surface area contributed by atoms with Crippen LogP contribution in [0.1, 0.15) is 44.9 Å². The maximum absolute atomic E-state index is 13.8. The molecule has 0 radical (unpaired) electrons. The number of nitrogens with zero attached hydrogens (tertiary/aromatic N) is 2. The van der Waals surface area contributed by atoms with Crippen LogP contribution in [0.3, 0.4) is 0 Å². The molecule has 1 aromatic carbocycles. The van der Waals surface area contributed by atoms with E-state index in [-0.39, 0.29) is 11.4 Å². The maximum atomic E-state index is 13.8. The van der Waals surface area contributed by atoms with Gasteiger partial charge in [-0.15, -0.1) is 0 Å². The van der Waals surface area contributed by atoms with Crippen molar-refractivity contribution >= 4 is 33.6 Å². The average Bonchev–Trinajstić information content (AvgIpc) is 2.60. The van der Waals surface area contributed by atoms with E-state index in [9.17, 15) is 4.39 Å². The van der Waals surface area contributed by atoms with E-state index in [1.54, 1.807) is 24.9 Å². The van der Waals surface area contributed by atoms with Gasteiger partial charge < -0.3 is 5.32 Å². The number of pyridine rings is 1. The zero-order valence-corrected chi connectivity index (χ0v) is 17.6. The first-order valence-electron chi connectivity index (χ1n) is 8.21. The van der Waals surface area contributed by atoms with E-state index in [4.69, 9.17) is 5.26 Å². The lowest BCUT2D eigenvalue weighted by Crippen LogP contribution is -2.29. The second kappa shape index (κ2) is 8.85. The molecule has 1 atom stereocenters. The summed E-state index contributed by atoms with van der Waals surface area (Å²) < 4.78 is 17.5. The van der Waals surface area contributed by atoms with Crippen LogP contribution in [0.2, 0.25) is 0 Å². The zero-order valence-electron chi connectivity index (χ0n) is 15.2. The number of aromatic nitrogens is 1. The van der Waals surface area contributed by atoms with Crippen molar-refractivity contribution < 1.29 is 4.39 Å². The van der Waals surface area contributed by atoms with Gasteiger partial charge in [-0.3, -0.25) is 9.71 Å². The van der Waals surface area contributed by atoms with Crippen LogP contribution < -0.4 is 10.0 Å². The van der Waals surface area contributed by atoms with Crippen molar-refractivity contribution in [3.63, 3.8) is 0 Å². The van der Waals surface area contributed by atoms with Crippen LogP contribution in [-0.4, -0.2) is 10.5 Å². The Balaban J connectivity index is 2.07. The lowest BCUT2D eigenvalue weighted by atomic mass is 10.0. The molecular weight excluding hydrogens is 415 g/mol. The Kier molecular flexibility index (Phi) is 7.04. The fourth-order valence-electron chi connectivity index (χ4n) is 2.12. The van der Waals surface area contributed by atoms with Crippen molar-refractivity contribution in [1.82, 2.24) is 9.71 Å². The Morgan fingerprint density at radius 1 is 1.35 bits per heavy atom. The van der Waals surface area contributed by atoms with E-state index < -0.39 is 5.92 Å². The van der Waals surface area contributed by atoms with Gasteiger partial charge in [-0.05, 0) is 85.4 Å². The molecule has 2 rings (SSSR count). The molecule has 138 valence electrons. The molecule has 1 unspecified atom stereocenters. The van der Waals surface area contributed by atoms with Gasteiger partial charge in [-0.25, -0.2) is 4.39 Å². The molecule has 0 fully saturated rings. The maximum Gasteiger partial charge on any atom is 0.137 e. The van der Waals surface area contributed by atoms with Crippen LogP contribution >= 0.6 is 27.9 Å². The molecule has 2 aromatic rings. The quantitative estimate of drug-likeness (QED) is 0.575. The summed E-state index contributed by atoms with van der Waals surface area (Å²) in [6, 6.07) is 9.17. The third kappa shape index (κ3) is 5.97. The SMILES string of the molecule is CC(C#N)c1cc(F)c(Br)cc1NCc1ccc(SNC(C)(C)C)cn1. The summed E-state index contributed by atoms with van der Waals surface area (Å²) in [5.74, 6) is -0.784. The number of nitrogens with one attached hydrogen (secondary N) is 2. The summed E-state index contributed by atoms with van der Waals surface area (Å²) in [6.45, 7) is 8.55. The van der Waals surface area contributed by atoms with Crippen molar-refractivity contribution in [3.8, 4) is 6.07 Å². The van der Waals surface area contributed by atoms with Crippen LogP contribution in [0.4, 0.5) is 10.1 Å². The Hall–Kier alpha value is -1.62. The van der Waals surface area contributed by atoms with Crippen molar-refractivity contribution in [2.75, 3.05) is 5.32 Å². The Labute approximate surface area is 166 Å². The van der Waals surface area contributed by atoms with Crippen molar-refractivity contribution in [2.24, 2.45) is 0 Å². The van der Waals surface area contributed by atoms with E-state index in [1.165, 1.54) is 6.07 Å². The van der Waals surface area contributed by atoms with E-state index in [2.05, 4.69) is 57.8 Å². The smallest absolute Gasteiger partial charge is 0.137 e. The summed E-state index contributed by atoms with van der Waals surface area (Å²) in [4.78, 5) is 5.49. The highest BCUT2D eigenvalue weighted by Gasteiger charge is 2.14. The van der Waals surface area contributed by atoms with Crippen molar-refractivity contribution in [2.45, 2.75) is 50.6 Å². The van der Waals surface area contributed by atoms with Gasteiger partial charge in [0.1, 0.15) is 5.82 Å². The molecule has 0 aliphatic carbocycles. The monoisotopic (exact) mass is 436 g/mol. The first-order chi connectivity index (χ1) is 12.2. The lowest BCUT2D eigenvalue weighted by molar-refractivity contribution is 0.535. The van der Waals surface area contributed by atoms with Gasteiger partial charge in [-0.1, -0.05) is 0 Å². The lowest BCUT2D eigenvalue weighted by Gasteiger charge is -2.19. The first kappa shape index (κ1) is 20.7. The number of rotatable bonds is 6. The summed E-state index contributed by atoms with van der Waals surface area (Å²) in [5.41, 5.74) is 2.24. The van der Waals surface area contributed by atoms with Gasteiger partial charge in [0.25, 0.3) is 0 Å². The number of anilines is 1. The molecule has 7 heteroatoms. The molecule has 0 bridgehead atoms. The Morgan fingerprint density at radius 2 is 2.08 bits per heavy atom. The Morgan fingerprint density at radius 3 is 2.65 bits per heavy atom. The van der Waals surface area contributed by atoms with Gasteiger partial charge in [0, 0.05) is 22.3 Å². The number of hydrogen-bond acceptors (Lipinski definition) is 5. The number of halogens is 2. The third-order valence-electron chi connectivity index (χ3n) is 3.49. The molecular formula is C19H22BrFN4S. The molecule has 1 aromatic heterocycles. The molecule has 2 N–H and O–H groups in total. The molecule has 0 saturated heterocycles. The van der Waals surface area contributed by atoms with E-state index >= 15 is 0 Å². The highest BCUT2D eigenvalue weighted by atomic mass is 79.9. The standard InChI is InChI=1S/C19H22BrFN4S/c1-12(9-22)15-7-17(21)16(20)8-18(15)24-10-13-5-6-14(11-23-13)26-25-19(2,3)4/h5-8,11-12,24-25H,10H2,1-4H3. The summed E-state index contributed by atoms with van der Waals surface area (Å²) in [5, 5.41) is 12.4. The number of benzene rings is 1. The van der Waals surface area contributed by atoms with Crippen molar-refractivity contribution in [1.29, 1.82) is 5.26 Å². The summed E-state index contributed by atoms with van der Waals surface area (Å²) in [6.07, 6.45) is 1.82. The van der Waals surface area contributed by atoms with Gasteiger partial charge in [-0.2, -0.15) is 5.26 Å². The minimum atomic E-state index is -0.407. The highest BCUT2D eigenvalue weighted by Crippen LogP contribution is 2.30. The fourth-order valence-corrected chi connectivity index (χ4v) is 3.13. The highest BCUT2D eigenvalue weighted by molar-refractivity contribution is 9.10. The second-order valence-corrected chi connectivity index (χ2v) is 8.73. The second-order valence-electron chi connectivity index (χ2n) is 7.00. The Bertz CT molecular complexity index is 797. The molecule has 26 heavy (non-hydrogen) atoms. The number of hydrogen-bond donors (Lipinski definition) is 2. The summed E-state index contributed by atoms with van der Waals surface area (Å²) in [7, 11) is 0. The molecule has 0 saturated carbocycles. The largest absolute Gasteiger partial charge is 0.379 e. The zero-order chi connectivity index (χ0) is 19.3. The van der Waals surface area contributed by atoms with E-state index in [0.717, 1.165) is 16.3 Å². The molecule has 4 nitrogen and oxygen atoms in total. The average molecular weight is 437 g/mol. The fraction of sp³-hybridized carbons (Fsp3) is 0.368. The molecule has 0 aliphatic rings. The van der Waals surface area contributed by atoms with Gasteiger partial charge in [0.2, 0.25) is 0 Å². The first-order valence-corrected chi connectivity index (χ1v) is 9.82. The van der Waals surface area contributed by atoms with Gasteiger partial charge >= 0.3 is 0 Å². The van der Waals surface area contributed by atoms with Crippen LogP contribution in [0.15, 0.2) is 39.8 Å². The molecule has 0 amide bonds. The van der Waals surface area contributed by atoms with Crippen LogP contribution in [0, 0.1) is 17.1 Å². The van der Waals surface area contributed by atoms with E-state index in [1.807, 2.05) is 18.3 Å². The van der Waals surface area contributed by atoms with Crippen LogP contribution in [-0.2, 0) is 6.54 Å². The van der Waals surface area contributed by atoms with Crippen LogP contribution in [0.5, 0.6) is 0 Å². The van der Waals surface area contributed by atoms with Crippen molar-refractivity contribution in [3.05, 3.63) is 52.0 Å². The molecule has 0 spiro atoms. The molecule has 1 heterocycles. The minimum Gasteiger partial charge on any atom is -0.379 e. The predicted molar refractivity (Wildman–Crippen MR) is 108 cm³/mol. The number of nitriles is 1. The predicted octanol–water partition coefficient (Wildman–Crippen LogP) is 5.62. The van der Waals surface area contributed by atoms with E-state index in [0.29, 0.717) is 16.6 Å². The van der Waals surface area contributed by atoms with Gasteiger partial charge in [0.05, 0.1) is 28.7 Å². The normalized spacial score (nSPS) is 12.5. The third-order valence-corrected chi connectivity index (χ3v) is 5.28. The van der Waals surface area contributed by atoms with Crippen LogP contribution in [0.25, 0.3) is 0 Å². The van der Waals surface area contributed by atoms with Gasteiger partial charge in [0.15, 0.2) is 0 Å². The topological polar surface area (TPSA) is 60.7 Å². The molecule has 0 aliphatic heterocycles. The summed E-state index contributed by atoms with van der Waals surface area (Å²) >= 11 is 4.74. The minimum absolute atomic E-state index is 0.0225.